The summed E-state index contributed by atoms with van der Waals surface area (Å²) in [5.74, 6) is 1.87. The number of piperidine rings is 1. The molecule has 1 unspecified atom stereocenters. The molecule has 4 N–H and O–H groups in total. The van der Waals surface area contributed by atoms with Gasteiger partial charge in [-0.1, -0.05) is 6.92 Å². The van der Waals surface area contributed by atoms with Crippen LogP contribution in [0.5, 0.6) is 11.5 Å². The van der Waals surface area contributed by atoms with Gasteiger partial charge in [-0.2, -0.15) is 0 Å². The summed E-state index contributed by atoms with van der Waals surface area (Å²) in [7, 11) is 5.53. The highest BCUT2D eigenvalue weighted by molar-refractivity contribution is 5.42. The fourth-order valence-electron chi connectivity index (χ4n) is 3.76. The largest absolute Gasteiger partial charge is 0.493 e. The van der Waals surface area contributed by atoms with Gasteiger partial charge in [-0.15, -0.1) is 0 Å². The zero-order valence-electron chi connectivity index (χ0n) is 15.8. The Morgan fingerprint density at radius 2 is 1.96 bits per heavy atom. The summed E-state index contributed by atoms with van der Waals surface area (Å²) in [6.07, 6.45) is 1.74. The smallest absolute Gasteiger partial charge is 0.161 e. The van der Waals surface area contributed by atoms with Crippen molar-refractivity contribution in [2.45, 2.75) is 44.9 Å². The average Bonchev–Trinajstić information content (AvgIpc) is 2.57. The Hall–Kier alpha value is -1.30. The molecule has 0 aromatic heterocycles. The van der Waals surface area contributed by atoms with E-state index >= 15 is 0 Å². The number of nitrogens with one attached hydrogen (secondary N) is 1. The predicted molar refractivity (Wildman–Crippen MR) is 94.6 cm³/mol. The fourth-order valence-corrected chi connectivity index (χ4v) is 3.76. The molecule has 1 saturated heterocycles. The zero-order valence-corrected chi connectivity index (χ0v) is 15.8. The van der Waals surface area contributed by atoms with Crippen molar-refractivity contribution in [3.05, 3.63) is 23.8 Å². The van der Waals surface area contributed by atoms with Gasteiger partial charge in [0.1, 0.15) is 6.54 Å². The van der Waals surface area contributed by atoms with E-state index in [1.165, 1.54) is 10.5 Å². The molecule has 1 heterocycles. The van der Waals surface area contributed by atoms with Crippen LogP contribution in [-0.2, 0) is 6.54 Å². The Balaban J connectivity index is 1.84. The SMILES string of the molecule is COc1ccc(C[NH2+]CC[C@]2(O)C[C@H](C)[NH+](C)C[C@H]2C)cc1OC. The lowest BCUT2D eigenvalue weighted by Crippen LogP contribution is -3.15. The van der Waals surface area contributed by atoms with Crippen LogP contribution in [0.3, 0.4) is 0 Å². The first kappa shape index (κ1) is 19.0. The summed E-state index contributed by atoms with van der Waals surface area (Å²) in [5.41, 5.74) is 0.682. The van der Waals surface area contributed by atoms with Crippen LogP contribution in [0.2, 0.25) is 0 Å². The minimum atomic E-state index is -0.521. The number of rotatable bonds is 7. The van der Waals surface area contributed by atoms with E-state index in [-0.39, 0.29) is 0 Å². The molecular weight excluding hydrogens is 304 g/mol. The second kappa shape index (κ2) is 8.19. The number of methoxy groups -OCH3 is 2. The molecule has 5 nitrogen and oxygen atoms in total. The van der Waals surface area contributed by atoms with Crippen LogP contribution in [0.25, 0.3) is 0 Å². The minimum absolute atomic E-state index is 0.350. The molecule has 0 bridgehead atoms. The molecule has 2 rings (SSSR count). The number of nitrogens with two attached hydrogens (primary N) is 1. The van der Waals surface area contributed by atoms with E-state index in [1.807, 2.05) is 12.1 Å². The van der Waals surface area contributed by atoms with Crippen LogP contribution < -0.4 is 19.7 Å². The van der Waals surface area contributed by atoms with Gasteiger partial charge in [-0.3, -0.25) is 0 Å². The highest BCUT2D eigenvalue weighted by Crippen LogP contribution is 2.28. The maximum atomic E-state index is 11.0. The Bertz CT molecular complexity index is 537. The van der Waals surface area contributed by atoms with Gasteiger partial charge in [0, 0.05) is 24.3 Å². The molecule has 0 amide bonds. The summed E-state index contributed by atoms with van der Waals surface area (Å²) in [5, 5.41) is 13.3. The third-order valence-electron chi connectivity index (χ3n) is 5.66. The quantitative estimate of drug-likeness (QED) is 0.605. The van der Waals surface area contributed by atoms with E-state index < -0.39 is 5.60 Å². The highest BCUT2D eigenvalue weighted by Gasteiger charge is 2.43. The summed E-state index contributed by atoms with van der Waals surface area (Å²) >= 11 is 0. The average molecular weight is 338 g/mol. The van der Waals surface area contributed by atoms with Crippen molar-refractivity contribution in [3.63, 3.8) is 0 Å². The van der Waals surface area contributed by atoms with E-state index in [2.05, 4.69) is 32.3 Å². The summed E-state index contributed by atoms with van der Waals surface area (Å²) < 4.78 is 10.6. The standard InChI is InChI=1S/C19H32N2O3/c1-14-13-21(3)15(2)11-19(14,22)8-9-20-12-16-6-7-17(23-4)18(10-16)24-5/h6-7,10,14-15,20,22H,8-9,11-13H2,1-5H3/p+2/t14-,15+,19+/m1/s1. The molecule has 0 spiro atoms. The zero-order chi connectivity index (χ0) is 17.7. The van der Waals surface area contributed by atoms with Gasteiger partial charge in [0.15, 0.2) is 11.5 Å². The van der Waals surface area contributed by atoms with Crippen molar-refractivity contribution in [2.75, 3.05) is 34.4 Å². The van der Waals surface area contributed by atoms with Gasteiger partial charge in [0.25, 0.3) is 0 Å². The first-order valence-corrected chi connectivity index (χ1v) is 8.97. The fraction of sp³-hybridized carbons (Fsp3) is 0.684. The number of hydrogen-bond acceptors (Lipinski definition) is 3. The van der Waals surface area contributed by atoms with Gasteiger partial charge < -0.3 is 24.8 Å². The van der Waals surface area contributed by atoms with Crippen LogP contribution in [0.15, 0.2) is 18.2 Å². The number of ether oxygens (including phenoxy) is 2. The first-order chi connectivity index (χ1) is 11.4. The normalized spacial score (nSPS) is 30.2. The molecule has 1 fully saturated rings. The molecule has 24 heavy (non-hydrogen) atoms. The number of quaternary nitrogens is 2. The van der Waals surface area contributed by atoms with E-state index in [0.717, 1.165) is 44.0 Å². The van der Waals surface area contributed by atoms with Gasteiger partial charge in [0.05, 0.1) is 46.0 Å². The lowest BCUT2D eigenvalue weighted by Gasteiger charge is -2.43. The van der Waals surface area contributed by atoms with Gasteiger partial charge in [-0.25, -0.2) is 0 Å². The second-order valence-corrected chi connectivity index (χ2v) is 7.38. The molecular formula is C19H34N2O3+2. The summed E-state index contributed by atoms with van der Waals surface area (Å²) in [6, 6.07) is 6.56. The predicted octanol–water partition coefficient (Wildman–Crippen LogP) is -0.169. The van der Waals surface area contributed by atoms with Gasteiger partial charge in [0.2, 0.25) is 0 Å². The van der Waals surface area contributed by atoms with Crippen LogP contribution in [0, 0.1) is 5.92 Å². The second-order valence-electron chi connectivity index (χ2n) is 7.38. The summed E-state index contributed by atoms with van der Waals surface area (Å²) in [4.78, 5) is 1.53. The molecule has 4 atom stereocenters. The number of hydrogen-bond donors (Lipinski definition) is 3. The van der Waals surface area contributed by atoms with Crippen LogP contribution in [0.1, 0.15) is 32.3 Å². The molecule has 5 heteroatoms. The van der Waals surface area contributed by atoms with Crippen molar-refractivity contribution in [1.29, 1.82) is 0 Å². The van der Waals surface area contributed by atoms with E-state index in [9.17, 15) is 5.11 Å². The Morgan fingerprint density at radius 1 is 1.25 bits per heavy atom. The number of benzene rings is 1. The Labute approximate surface area is 146 Å². The molecule has 0 aliphatic carbocycles. The number of likely N-dealkylation sites (tertiary alicyclic amines) is 1. The van der Waals surface area contributed by atoms with Gasteiger partial charge >= 0.3 is 0 Å². The molecule has 1 aromatic rings. The third-order valence-corrected chi connectivity index (χ3v) is 5.66. The monoisotopic (exact) mass is 338 g/mol. The van der Waals surface area contributed by atoms with E-state index in [0.29, 0.717) is 12.0 Å². The Morgan fingerprint density at radius 3 is 2.62 bits per heavy atom. The maximum Gasteiger partial charge on any atom is 0.161 e. The lowest BCUT2D eigenvalue weighted by molar-refractivity contribution is -0.916. The van der Waals surface area contributed by atoms with Crippen molar-refractivity contribution in [1.82, 2.24) is 0 Å². The molecule has 1 aliphatic heterocycles. The van der Waals surface area contributed by atoms with Gasteiger partial charge in [-0.05, 0) is 25.1 Å². The molecule has 0 radical (unpaired) electrons. The lowest BCUT2D eigenvalue weighted by atomic mass is 9.77. The van der Waals surface area contributed by atoms with E-state index in [1.54, 1.807) is 14.2 Å². The number of aliphatic hydroxyl groups is 1. The van der Waals surface area contributed by atoms with Crippen molar-refractivity contribution >= 4 is 0 Å². The molecule has 136 valence electrons. The highest BCUT2D eigenvalue weighted by atomic mass is 16.5. The topological polar surface area (TPSA) is 59.7 Å². The van der Waals surface area contributed by atoms with Crippen LogP contribution in [-0.4, -0.2) is 51.1 Å². The first-order valence-electron chi connectivity index (χ1n) is 8.97. The van der Waals surface area contributed by atoms with Crippen LogP contribution in [0.4, 0.5) is 0 Å². The third kappa shape index (κ3) is 4.41. The molecule has 0 saturated carbocycles. The minimum Gasteiger partial charge on any atom is -0.493 e. The van der Waals surface area contributed by atoms with Crippen molar-refractivity contribution in [3.8, 4) is 11.5 Å². The van der Waals surface area contributed by atoms with Crippen molar-refractivity contribution < 1.29 is 24.8 Å². The van der Waals surface area contributed by atoms with Crippen molar-refractivity contribution in [2.24, 2.45) is 5.92 Å². The molecule has 1 aliphatic rings. The van der Waals surface area contributed by atoms with E-state index in [4.69, 9.17) is 9.47 Å². The molecule has 1 aromatic carbocycles. The summed E-state index contributed by atoms with van der Waals surface area (Å²) in [6.45, 7) is 7.28. The van der Waals surface area contributed by atoms with Crippen LogP contribution >= 0.6 is 0 Å². The maximum absolute atomic E-state index is 11.0. The Kier molecular flexibility index (Phi) is 6.49.